The Bertz CT molecular complexity index is 479. The molecule has 1 aliphatic heterocycles. The van der Waals surface area contributed by atoms with Crippen molar-refractivity contribution in [2.75, 3.05) is 18.5 Å². The van der Waals surface area contributed by atoms with Gasteiger partial charge in [-0.1, -0.05) is 0 Å². The molecule has 6 nitrogen and oxygen atoms in total. The third kappa shape index (κ3) is 3.39. The number of nitrogens with zero attached hydrogens (tertiary/aromatic N) is 1. The standard InChI is InChI=1S/C14H21N3O3/c1-3-20-14-9-11(6-7-13(14)17(18)19)16-12-5-4-8-15-10(12)2/h6-7,9-10,12,15-16H,3-5,8H2,1-2H3. The number of piperidine rings is 1. The zero-order valence-electron chi connectivity index (χ0n) is 11.9. The van der Waals surface area contributed by atoms with Gasteiger partial charge in [-0.15, -0.1) is 0 Å². The van der Waals surface area contributed by atoms with E-state index in [4.69, 9.17) is 4.74 Å². The predicted octanol–water partition coefficient (Wildman–Crippen LogP) is 2.55. The van der Waals surface area contributed by atoms with E-state index in [1.165, 1.54) is 6.07 Å². The topological polar surface area (TPSA) is 76.4 Å². The van der Waals surface area contributed by atoms with Crippen molar-refractivity contribution < 1.29 is 9.66 Å². The Morgan fingerprint density at radius 3 is 3.00 bits per heavy atom. The van der Waals surface area contributed by atoms with Gasteiger partial charge in [-0.3, -0.25) is 10.1 Å². The molecule has 2 unspecified atom stereocenters. The highest BCUT2D eigenvalue weighted by molar-refractivity contribution is 5.58. The molecule has 0 spiro atoms. The van der Waals surface area contributed by atoms with Crippen molar-refractivity contribution in [2.24, 2.45) is 0 Å². The van der Waals surface area contributed by atoms with Gasteiger partial charge in [0.25, 0.3) is 0 Å². The molecule has 1 aliphatic rings. The molecule has 0 bridgehead atoms. The van der Waals surface area contributed by atoms with E-state index in [1.807, 2.05) is 6.92 Å². The second-order valence-corrected chi connectivity index (χ2v) is 5.01. The lowest BCUT2D eigenvalue weighted by atomic mass is 9.99. The zero-order valence-corrected chi connectivity index (χ0v) is 11.9. The molecule has 20 heavy (non-hydrogen) atoms. The molecule has 0 aliphatic carbocycles. The summed E-state index contributed by atoms with van der Waals surface area (Å²) in [6.07, 6.45) is 2.22. The molecule has 0 aromatic heterocycles. The van der Waals surface area contributed by atoms with Crippen LogP contribution in [0.1, 0.15) is 26.7 Å². The summed E-state index contributed by atoms with van der Waals surface area (Å²) in [5, 5.41) is 17.8. The predicted molar refractivity (Wildman–Crippen MR) is 78.4 cm³/mol. The molecule has 1 fully saturated rings. The molecule has 2 atom stereocenters. The van der Waals surface area contributed by atoms with Crippen LogP contribution in [0.5, 0.6) is 5.75 Å². The van der Waals surface area contributed by atoms with Crippen molar-refractivity contribution in [3.8, 4) is 5.75 Å². The number of hydrogen-bond acceptors (Lipinski definition) is 5. The van der Waals surface area contributed by atoms with E-state index in [9.17, 15) is 10.1 Å². The van der Waals surface area contributed by atoms with Gasteiger partial charge in [0.15, 0.2) is 5.75 Å². The van der Waals surface area contributed by atoms with Crippen LogP contribution in [0.2, 0.25) is 0 Å². The summed E-state index contributed by atoms with van der Waals surface area (Å²) < 4.78 is 5.36. The number of nitro benzene ring substituents is 1. The first kappa shape index (κ1) is 14.6. The van der Waals surface area contributed by atoms with Gasteiger partial charge in [0, 0.05) is 29.9 Å². The van der Waals surface area contributed by atoms with Crippen LogP contribution in [-0.2, 0) is 0 Å². The minimum Gasteiger partial charge on any atom is -0.487 e. The van der Waals surface area contributed by atoms with Gasteiger partial charge in [0.05, 0.1) is 11.5 Å². The summed E-state index contributed by atoms with van der Waals surface area (Å²) >= 11 is 0. The van der Waals surface area contributed by atoms with Crippen LogP contribution < -0.4 is 15.4 Å². The van der Waals surface area contributed by atoms with E-state index in [2.05, 4.69) is 17.6 Å². The quantitative estimate of drug-likeness (QED) is 0.640. The van der Waals surface area contributed by atoms with Gasteiger partial charge in [-0.2, -0.15) is 0 Å². The van der Waals surface area contributed by atoms with Crippen LogP contribution in [0.4, 0.5) is 11.4 Å². The average Bonchev–Trinajstić information content (AvgIpc) is 2.42. The average molecular weight is 279 g/mol. The van der Waals surface area contributed by atoms with Crippen LogP contribution >= 0.6 is 0 Å². The SMILES string of the molecule is CCOc1cc(NC2CCCNC2C)ccc1[N+](=O)[O-]. The Labute approximate surface area is 118 Å². The van der Waals surface area contributed by atoms with E-state index in [1.54, 1.807) is 12.1 Å². The molecule has 0 amide bonds. The van der Waals surface area contributed by atoms with Crippen molar-refractivity contribution in [1.29, 1.82) is 0 Å². The van der Waals surface area contributed by atoms with Crippen LogP contribution in [0, 0.1) is 10.1 Å². The molecule has 1 aromatic carbocycles. The highest BCUT2D eigenvalue weighted by Crippen LogP contribution is 2.31. The third-order valence-electron chi connectivity index (χ3n) is 3.57. The number of anilines is 1. The molecule has 1 aromatic rings. The van der Waals surface area contributed by atoms with E-state index in [0.717, 1.165) is 25.1 Å². The van der Waals surface area contributed by atoms with Crippen LogP contribution in [0.25, 0.3) is 0 Å². The minimum absolute atomic E-state index is 0.00668. The molecule has 110 valence electrons. The number of nitro groups is 1. The summed E-state index contributed by atoms with van der Waals surface area (Å²) in [4.78, 5) is 10.5. The summed E-state index contributed by atoms with van der Waals surface area (Å²) in [5.74, 6) is 0.318. The van der Waals surface area contributed by atoms with E-state index >= 15 is 0 Å². The summed E-state index contributed by atoms with van der Waals surface area (Å²) in [6, 6.07) is 5.66. The molecule has 0 radical (unpaired) electrons. The van der Waals surface area contributed by atoms with Crippen molar-refractivity contribution in [1.82, 2.24) is 5.32 Å². The van der Waals surface area contributed by atoms with Gasteiger partial charge in [0.1, 0.15) is 0 Å². The lowest BCUT2D eigenvalue weighted by Gasteiger charge is -2.31. The lowest BCUT2D eigenvalue weighted by molar-refractivity contribution is -0.385. The fourth-order valence-corrected chi connectivity index (χ4v) is 2.48. The fourth-order valence-electron chi connectivity index (χ4n) is 2.48. The fraction of sp³-hybridized carbons (Fsp3) is 0.571. The molecule has 1 saturated heterocycles. The van der Waals surface area contributed by atoms with Crippen LogP contribution in [0.15, 0.2) is 18.2 Å². The van der Waals surface area contributed by atoms with Crippen molar-refractivity contribution in [2.45, 2.75) is 38.8 Å². The Balaban J connectivity index is 2.15. The Morgan fingerprint density at radius 1 is 1.55 bits per heavy atom. The third-order valence-corrected chi connectivity index (χ3v) is 3.57. The van der Waals surface area contributed by atoms with Crippen molar-refractivity contribution in [3.63, 3.8) is 0 Å². The molecule has 2 rings (SSSR count). The van der Waals surface area contributed by atoms with Gasteiger partial charge in [0.2, 0.25) is 0 Å². The van der Waals surface area contributed by atoms with E-state index in [0.29, 0.717) is 24.4 Å². The van der Waals surface area contributed by atoms with E-state index in [-0.39, 0.29) is 5.69 Å². The number of benzene rings is 1. The van der Waals surface area contributed by atoms with Gasteiger partial charge < -0.3 is 15.4 Å². The first-order valence-corrected chi connectivity index (χ1v) is 7.03. The first-order chi connectivity index (χ1) is 9.61. The second kappa shape index (κ2) is 6.56. The Morgan fingerprint density at radius 2 is 2.35 bits per heavy atom. The molecule has 2 N–H and O–H groups in total. The molecule has 1 heterocycles. The Kier molecular flexibility index (Phi) is 4.79. The maximum atomic E-state index is 10.9. The smallest absolute Gasteiger partial charge is 0.311 e. The highest BCUT2D eigenvalue weighted by Gasteiger charge is 2.22. The first-order valence-electron chi connectivity index (χ1n) is 7.03. The molecular formula is C14H21N3O3. The largest absolute Gasteiger partial charge is 0.487 e. The molecular weight excluding hydrogens is 258 g/mol. The van der Waals surface area contributed by atoms with E-state index < -0.39 is 4.92 Å². The maximum Gasteiger partial charge on any atom is 0.311 e. The maximum absolute atomic E-state index is 10.9. The number of nitrogens with one attached hydrogen (secondary N) is 2. The Hall–Kier alpha value is -1.82. The number of rotatable bonds is 5. The lowest BCUT2D eigenvalue weighted by Crippen LogP contribution is -2.46. The van der Waals surface area contributed by atoms with Gasteiger partial charge >= 0.3 is 5.69 Å². The van der Waals surface area contributed by atoms with Crippen LogP contribution in [-0.4, -0.2) is 30.2 Å². The van der Waals surface area contributed by atoms with Crippen molar-refractivity contribution >= 4 is 11.4 Å². The monoisotopic (exact) mass is 279 g/mol. The number of ether oxygens (including phenoxy) is 1. The van der Waals surface area contributed by atoms with Crippen molar-refractivity contribution in [3.05, 3.63) is 28.3 Å². The second-order valence-electron chi connectivity index (χ2n) is 5.01. The number of hydrogen-bond donors (Lipinski definition) is 2. The highest BCUT2D eigenvalue weighted by atomic mass is 16.6. The normalized spacial score (nSPS) is 22.3. The summed E-state index contributed by atoms with van der Waals surface area (Å²) in [7, 11) is 0. The minimum atomic E-state index is -0.417. The summed E-state index contributed by atoms with van der Waals surface area (Å²) in [5.41, 5.74) is 0.867. The zero-order chi connectivity index (χ0) is 14.5. The molecule has 6 heteroatoms. The van der Waals surface area contributed by atoms with Gasteiger partial charge in [-0.05, 0) is 39.3 Å². The molecule has 0 saturated carbocycles. The van der Waals surface area contributed by atoms with Gasteiger partial charge in [-0.25, -0.2) is 0 Å². The van der Waals surface area contributed by atoms with Crippen LogP contribution in [0.3, 0.4) is 0 Å². The summed E-state index contributed by atoms with van der Waals surface area (Å²) in [6.45, 7) is 5.41.